The molecule has 0 aliphatic carbocycles. The predicted octanol–water partition coefficient (Wildman–Crippen LogP) is 5.42. The first-order valence-electron chi connectivity index (χ1n) is 9.74. The molecule has 0 aliphatic rings. The topological polar surface area (TPSA) is 67.9 Å². The van der Waals surface area contributed by atoms with E-state index in [4.69, 9.17) is 4.74 Å². The van der Waals surface area contributed by atoms with E-state index in [0.29, 0.717) is 5.75 Å². The Morgan fingerprint density at radius 1 is 1.03 bits per heavy atom. The van der Waals surface area contributed by atoms with Gasteiger partial charge >= 0.3 is 5.97 Å². The lowest BCUT2D eigenvalue weighted by Gasteiger charge is -2.18. The molecule has 0 atom stereocenters. The standard InChI is InChI=1S/C25H21N3O2/c1-3-19(17-10-6-5-7-11-17)25(18-14-15-21-22(16-18)27-28-26-21)20-12-8-9-13-23(20)30-24(29)4-2/h4-16H,2-3H2,1H3,(H,26,27,28)/b25-19+. The van der Waals surface area contributed by atoms with E-state index in [1.54, 1.807) is 6.07 Å². The Kier molecular flexibility index (Phi) is 5.52. The second kappa shape index (κ2) is 8.57. The van der Waals surface area contributed by atoms with Gasteiger partial charge in [-0.25, -0.2) is 4.79 Å². The van der Waals surface area contributed by atoms with Crippen LogP contribution in [0.15, 0.2) is 85.5 Å². The molecule has 0 saturated heterocycles. The number of H-pyrrole nitrogens is 1. The number of nitrogens with one attached hydrogen (secondary N) is 1. The van der Waals surface area contributed by atoms with Crippen molar-refractivity contribution in [3.8, 4) is 5.75 Å². The van der Waals surface area contributed by atoms with Crippen molar-refractivity contribution in [3.05, 3.63) is 102 Å². The lowest BCUT2D eigenvalue weighted by molar-refractivity contribution is -0.128. The van der Waals surface area contributed by atoms with Crippen LogP contribution >= 0.6 is 0 Å². The molecule has 0 bridgehead atoms. The van der Waals surface area contributed by atoms with Crippen molar-refractivity contribution in [3.63, 3.8) is 0 Å². The molecular weight excluding hydrogens is 374 g/mol. The minimum absolute atomic E-state index is 0.486. The van der Waals surface area contributed by atoms with Crippen LogP contribution in [0.3, 0.4) is 0 Å². The second-order valence-corrected chi connectivity index (χ2v) is 6.74. The van der Waals surface area contributed by atoms with Gasteiger partial charge in [-0.15, -0.1) is 5.10 Å². The third kappa shape index (κ3) is 3.78. The number of aromatic amines is 1. The molecule has 0 spiro atoms. The summed E-state index contributed by atoms with van der Waals surface area (Å²) < 4.78 is 5.57. The summed E-state index contributed by atoms with van der Waals surface area (Å²) in [5, 5.41) is 11.0. The van der Waals surface area contributed by atoms with Gasteiger partial charge in [-0.2, -0.15) is 0 Å². The van der Waals surface area contributed by atoms with Crippen LogP contribution in [0.25, 0.3) is 22.2 Å². The smallest absolute Gasteiger partial charge is 0.335 e. The Hall–Kier alpha value is -3.99. The van der Waals surface area contributed by atoms with E-state index in [0.717, 1.165) is 45.3 Å². The number of carbonyl (C=O) groups excluding carboxylic acids is 1. The van der Waals surface area contributed by atoms with E-state index in [1.807, 2.05) is 54.6 Å². The Morgan fingerprint density at radius 2 is 1.80 bits per heavy atom. The molecule has 1 N–H and O–H groups in total. The van der Waals surface area contributed by atoms with E-state index >= 15 is 0 Å². The predicted molar refractivity (Wildman–Crippen MR) is 119 cm³/mol. The molecule has 148 valence electrons. The van der Waals surface area contributed by atoms with Crippen molar-refractivity contribution in [2.24, 2.45) is 0 Å². The summed E-state index contributed by atoms with van der Waals surface area (Å²) in [6.45, 7) is 5.63. The number of para-hydroxylation sites is 1. The monoisotopic (exact) mass is 395 g/mol. The number of aromatic nitrogens is 3. The zero-order valence-corrected chi connectivity index (χ0v) is 16.6. The van der Waals surface area contributed by atoms with Crippen LogP contribution in [0.4, 0.5) is 0 Å². The highest BCUT2D eigenvalue weighted by Crippen LogP contribution is 2.39. The van der Waals surface area contributed by atoms with Crippen LogP contribution < -0.4 is 4.74 Å². The Morgan fingerprint density at radius 3 is 2.57 bits per heavy atom. The van der Waals surface area contributed by atoms with Gasteiger partial charge in [0.05, 0.1) is 5.52 Å². The summed E-state index contributed by atoms with van der Waals surface area (Å²) in [5.41, 5.74) is 6.67. The first kappa shape index (κ1) is 19.3. The van der Waals surface area contributed by atoms with Gasteiger partial charge in [0.25, 0.3) is 0 Å². The number of carbonyl (C=O) groups is 1. The van der Waals surface area contributed by atoms with Crippen molar-refractivity contribution < 1.29 is 9.53 Å². The molecule has 0 fully saturated rings. The maximum absolute atomic E-state index is 12.0. The molecule has 3 aromatic carbocycles. The normalized spacial score (nSPS) is 11.8. The first-order chi connectivity index (χ1) is 14.7. The van der Waals surface area contributed by atoms with Crippen molar-refractivity contribution in [1.82, 2.24) is 15.4 Å². The van der Waals surface area contributed by atoms with E-state index < -0.39 is 5.97 Å². The molecular formula is C25H21N3O2. The number of rotatable bonds is 6. The Labute approximate surface area is 174 Å². The van der Waals surface area contributed by atoms with Gasteiger partial charge < -0.3 is 4.74 Å². The highest BCUT2D eigenvalue weighted by atomic mass is 16.5. The molecule has 5 heteroatoms. The van der Waals surface area contributed by atoms with Crippen LogP contribution in [0.5, 0.6) is 5.75 Å². The van der Waals surface area contributed by atoms with Gasteiger partial charge in [0.2, 0.25) is 0 Å². The number of hydrogen-bond acceptors (Lipinski definition) is 4. The van der Waals surface area contributed by atoms with Gasteiger partial charge in [0.1, 0.15) is 11.3 Å². The van der Waals surface area contributed by atoms with Gasteiger partial charge in [-0.05, 0) is 46.9 Å². The van der Waals surface area contributed by atoms with E-state index in [2.05, 4.69) is 41.0 Å². The van der Waals surface area contributed by atoms with Crippen molar-refractivity contribution >= 4 is 28.1 Å². The molecule has 0 radical (unpaired) electrons. The number of hydrogen-bond donors (Lipinski definition) is 1. The average Bonchev–Trinajstić information content (AvgIpc) is 3.26. The van der Waals surface area contributed by atoms with Gasteiger partial charge in [0.15, 0.2) is 0 Å². The fraction of sp³-hybridized carbons (Fsp3) is 0.0800. The highest BCUT2D eigenvalue weighted by molar-refractivity contribution is 6.01. The summed E-state index contributed by atoms with van der Waals surface area (Å²) in [6, 6.07) is 23.8. The van der Waals surface area contributed by atoms with Gasteiger partial charge in [-0.1, -0.05) is 73.3 Å². The lowest BCUT2D eigenvalue weighted by atomic mass is 9.87. The molecule has 5 nitrogen and oxygen atoms in total. The maximum atomic E-state index is 12.0. The quantitative estimate of drug-likeness (QED) is 0.205. The maximum Gasteiger partial charge on any atom is 0.335 e. The highest BCUT2D eigenvalue weighted by Gasteiger charge is 2.18. The Balaban J connectivity index is 2.01. The van der Waals surface area contributed by atoms with E-state index in [9.17, 15) is 4.79 Å². The first-order valence-corrected chi connectivity index (χ1v) is 9.74. The number of allylic oxidation sites excluding steroid dienone is 1. The average molecular weight is 395 g/mol. The lowest BCUT2D eigenvalue weighted by Crippen LogP contribution is -2.06. The molecule has 0 saturated carbocycles. The minimum atomic E-state index is -0.494. The van der Waals surface area contributed by atoms with Crippen LogP contribution in [-0.4, -0.2) is 21.4 Å². The molecule has 1 aromatic heterocycles. The zero-order chi connectivity index (χ0) is 20.9. The SMILES string of the molecule is C=CC(=O)Oc1ccccc1/C(=C(\CC)c1ccccc1)c1ccc2[nH]nnc2c1. The fourth-order valence-electron chi connectivity index (χ4n) is 3.57. The van der Waals surface area contributed by atoms with Crippen molar-refractivity contribution in [2.75, 3.05) is 0 Å². The molecule has 0 unspecified atom stereocenters. The molecule has 1 heterocycles. The largest absolute Gasteiger partial charge is 0.423 e. The minimum Gasteiger partial charge on any atom is -0.423 e. The zero-order valence-electron chi connectivity index (χ0n) is 16.6. The van der Waals surface area contributed by atoms with E-state index in [1.165, 1.54) is 6.08 Å². The number of esters is 1. The summed E-state index contributed by atoms with van der Waals surface area (Å²) in [4.78, 5) is 12.0. The number of nitrogens with zero attached hydrogens (tertiary/aromatic N) is 2. The molecule has 4 aromatic rings. The van der Waals surface area contributed by atoms with Crippen molar-refractivity contribution in [2.45, 2.75) is 13.3 Å². The molecule has 0 amide bonds. The Bertz CT molecular complexity index is 1240. The summed E-state index contributed by atoms with van der Waals surface area (Å²) in [6.07, 6.45) is 1.96. The molecule has 4 rings (SSSR count). The third-order valence-electron chi connectivity index (χ3n) is 4.93. The van der Waals surface area contributed by atoms with Crippen LogP contribution in [0, 0.1) is 0 Å². The molecule has 30 heavy (non-hydrogen) atoms. The third-order valence-corrected chi connectivity index (χ3v) is 4.93. The van der Waals surface area contributed by atoms with Crippen LogP contribution in [0.2, 0.25) is 0 Å². The van der Waals surface area contributed by atoms with Gasteiger partial charge in [0, 0.05) is 11.6 Å². The number of fused-ring (bicyclic) bond motifs is 1. The number of benzene rings is 3. The fourth-order valence-corrected chi connectivity index (χ4v) is 3.57. The summed E-state index contributed by atoms with van der Waals surface area (Å²) in [7, 11) is 0. The van der Waals surface area contributed by atoms with Gasteiger partial charge in [-0.3, -0.25) is 5.10 Å². The van der Waals surface area contributed by atoms with Crippen molar-refractivity contribution in [1.29, 1.82) is 0 Å². The van der Waals surface area contributed by atoms with Crippen LogP contribution in [0.1, 0.15) is 30.0 Å². The summed E-state index contributed by atoms with van der Waals surface area (Å²) >= 11 is 0. The number of ether oxygens (including phenoxy) is 1. The molecule has 0 aliphatic heterocycles. The van der Waals surface area contributed by atoms with Crippen LogP contribution in [-0.2, 0) is 4.79 Å². The second-order valence-electron chi connectivity index (χ2n) is 6.74. The summed E-state index contributed by atoms with van der Waals surface area (Å²) in [5.74, 6) is -0.00829. The van der Waals surface area contributed by atoms with E-state index in [-0.39, 0.29) is 0 Å².